The van der Waals surface area contributed by atoms with Crippen LogP contribution >= 0.6 is 0 Å². The van der Waals surface area contributed by atoms with E-state index in [4.69, 9.17) is 16.4 Å². The molecule has 0 fully saturated rings. The first-order valence-corrected chi connectivity index (χ1v) is 10.3. The van der Waals surface area contributed by atoms with Gasteiger partial charge in [0, 0.05) is 24.8 Å². The second-order valence-electron chi connectivity index (χ2n) is 7.22. The fraction of sp³-hybridized carbons (Fsp3) is 0.217. The minimum atomic E-state index is -1.09. The molecule has 0 saturated heterocycles. The van der Waals surface area contributed by atoms with Crippen molar-refractivity contribution in [2.75, 3.05) is 30.7 Å². The first-order chi connectivity index (χ1) is 16.0. The summed E-state index contributed by atoms with van der Waals surface area (Å²) in [7, 11) is 0. The highest BCUT2D eigenvalue weighted by molar-refractivity contribution is 6.11. The first kappa shape index (κ1) is 23.9. The lowest BCUT2D eigenvalue weighted by Crippen LogP contribution is -2.25. The van der Waals surface area contributed by atoms with Crippen LogP contribution in [-0.4, -0.2) is 40.5 Å². The van der Waals surface area contributed by atoms with E-state index in [1.54, 1.807) is 12.3 Å². The van der Waals surface area contributed by atoms with Gasteiger partial charge in [0.25, 0.3) is 0 Å². The number of amidine groups is 1. The fourth-order valence-corrected chi connectivity index (χ4v) is 3.30. The van der Waals surface area contributed by atoms with Gasteiger partial charge in [0.2, 0.25) is 0 Å². The molecule has 0 aliphatic carbocycles. The van der Waals surface area contributed by atoms with Gasteiger partial charge >= 0.3 is 0 Å². The van der Waals surface area contributed by atoms with Crippen LogP contribution in [0.2, 0.25) is 0 Å². The SMILES string of the molecule is CCN(CCO)Cc1ccc(-c2cnc(N)c(/C(=N/N=N)Nc3cccc(F)c3F)c2)cc1. The number of likely N-dealkylation sites (N-methyl/N-ethyl adjacent to an activating group) is 1. The Kier molecular flexibility index (Phi) is 8.11. The second-order valence-corrected chi connectivity index (χ2v) is 7.22. The van der Waals surface area contributed by atoms with E-state index in [1.807, 2.05) is 31.2 Å². The smallest absolute Gasteiger partial charge is 0.182 e. The quantitative estimate of drug-likeness (QED) is 0.167. The van der Waals surface area contributed by atoms with Gasteiger partial charge in [0.15, 0.2) is 17.5 Å². The Balaban J connectivity index is 1.89. The van der Waals surface area contributed by atoms with Crippen LogP contribution in [0.5, 0.6) is 0 Å². The number of hydrogen-bond acceptors (Lipinski definition) is 6. The molecule has 8 nitrogen and oxygen atoms in total. The summed E-state index contributed by atoms with van der Waals surface area (Å²) in [5.74, 6) is -2.07. The van der Waals surface area contributed by atoms with Crippen molar-refractivity contribution < 1.29 is 13.9 Å². The number of rotatable bonds is 9. The van der Waals surface area contributed by atoms with Crippen molar-refractivity contribution in [1.82, 2.24) is 9.88 Å². The summed E-state index contributed by atoms with van der Waals surface area (Å²) >= 11 is 0. The fourth-order valence-electron chi connectivity index (χ4n) is 3.30. The molecule has 0 atom stereocenters. The normalized spacial score (nSPS) is 11.6. The largest absolute Gasteiger partial charge is 0.395 e. The van der Waals surface area contributed by atoms with Gasteiger partial charge in [-0.25, -0.2) is 13.8 Å². The number of hydrogen-bond donors (Lipinski definition) is 4. The van der Waals surface area contributed by atoms with Crippen molar-refractivity contribution in [3.8, 4) is 11.1 Å². The predicted molar refractivity (Wildman–Crippen MR) is 124 cm³/mol. The van der Waals surface area contributed by atoms with E-state index >= 15 is 0 Å². The molecule has 0 aliphatic heterocycles. The number of benzene rings is 2. The molecule has 2 aromatic carbocycles. The number of halogens is 2. The maximum Gasteiger partial charge on any atom is 0.182 e. The molecule has 0 bridgehead atoms. The van der Waals surface area contributed by atoms with Gasteiger partial charge in [0.1, 0.15) is 5.82 Å². The van der Waals surface area contributed by atoms with Crippen LogP contribution in [0.3, 0.4) is 0 Å². The molecule has 172 valence electrons. The van der Waals surface area contributed by atoms with E-state index in [1.165, 1.54) is 12.1 Å². The lowest BCUT2D eigenvalue weighted by Gasteiger charge is -2.19. The van der Waals surface area contributed by atoms with Crippen molar-refractivity contribution in [2.45, 2.75) is 13.5 Å². The predicted octanol–water partition coefficient (Wildman–Crippen LogP) is 4.23. The lowest BCUT2D eigenvalue weighted by atomic mass is 10.0. The van der Waals surface area contributed by atoms with E-state index in [2.05, 4.69) is 25.5 Å². The summed E-state index contributed by atoms with van der Waals surface area (Å²) in [6.45, 7) is 4.29. The Morgan fingerprint density at radius 2 is 1.94 bits per heavy atom. The molecular formula is C23H25F2N7O. The van der Waals surface area contributed by atoms with E-state index in [9.17, 15) is 8.78 Å². The third kappa shape index (κ3) is 5.93. The van der Waals surface area contributed by atoms with Crippen LogP contribution in [0.15, 0.2) is 65.1 Å². The molecule has 0 radical (unpaired) electrons. The number of nitrogens with zero attached hydrogens (tertiary/aromatic N) is 4. The van der Waals surface area contributed by atoms with Crippen molar-refractivity contribution in [3.63, 3.8) is 0 Å². The highest BCUT2D eigenvalue weighted by Crippen LogP contribution is 2.25. The molecule has 10 heteroatoms. The van der Waals surface area contributed by atoms with Crippen LogP contribution in [-0.2, 0) is 6.54 Å². The number of nitrogen functional groups attached to an aromatic ring is 1. The van der Waals surface area contributed by atoms with Gasteiger partial charge in [-0.1, -0.05) is 42.5 Å². The molecule has 0 aliphatic rings. The van der Waals surface area contributed by atoms with Crippen LogP contribution in [0.1, 0.15) is 18.1 Å². The summed E-state index contributed by atoms with van der Waals surface area (Å²) in [6, 6.07) is 13.2. The topological polar surface area (TPSA) is 123 Å². The maximum absolute atomic E-state index is 14.1. The number of nitrogens with one attached hydrogen (secondary N) is 2. The highest BCUT2D eigenvalue weighted by atomic mass is 19.2. The molecule has 33 heavy (non-hydrogen) atoms. The third-order valence-electron chi connectivity index (χ3n) is 5.09. The van der Waals surface area contributed by atoms with Crippen molar-refractivity contribution in [1.29, 1.82) is 5.53 Å². The van der Waals surface area contributed by atoms with Gasteiger partial charge in [-0.15, -0.1) is 5.10 Å². The third-order valence-corrected chi connectivity index (χ3v) is 5.09. The van der Waals surface area contributed by atoms with E-state index in [-0.39, 0.29) is 29.5 Å². The zero-order valence-corrected chi connectivity index (χ0v) is 18.1. The Morgan fingerprint density at radius 1 is 1.18 bits per heavy atom. The summed E-state index contributed by atoms with van der Waals surface area (Å²) in [5, 5.41) is 18.5. The van der Waals surface area contributed by atoms with Crippen molar-refractivity contribution in [3.05, 3.63) is 77.5 Å². The van der Waals surface area contributed by atoms with Crippen LogP contribution in [0, 0.1) is 17.2 Å². The second kappa shape index (κ2) is 11.2. The van der Waals surface area contributed by atoms with Crippen molar-refractivity contribution >= 4 is 17.3 Å². The Labute approximate surface area is 190 Å². The summed E-state index contributed by atoms with van der Waals surface area (Å²) < 4.78 is 27.7. The molecule has 0 amide bonds. The number of aliphatic hydroxyl groups is 1. The van der Waals surface area contributed by atoms with Crippen LogP contribution in [0.25, 0.3) is 11.1 Å². The maximum atomic E-state index is 14.1. The zero-order chi connectivity index (χ0) is 23.8. The van der Waals surface area contributed by atoms with E-state index < -0.39 is 11.6 Å². The van der Waals surface area contributed by atoms with Gasteiger partial charge in [-0.2, -0.15) is 5.53 Å². The van der Waals surface area contributed by atoms with Crippen LogP contribution < -0.4 is 11.1 Å². The monoisotopic (exact) mass is 453 g/mol. The van der Waals surface area contributed by atoms with Gasteiger partial charge in [-0.3, -0.25) is 4.90 Å². The summed E-state index contributed by atoms with van der Waals surface area (Å²) in [5.41, 5.74) is 15.9. The van der Waals surface area contributed by atoms with Gasteiger partial charge in [-0.05, 0) is 35.9 Å². The molecular weight excluding hydrogens is 428 g/mol. The van der Waals surface area contributed by atoms with E-state index in [0.717, 1.165) is 23.7 Å². The zero-order valence-electron chi connectivity index (χ0n) is 18.1. The Hall–Kier alpha value is -3.76. The minimum Gasteiger partial charge on any atom is -0.395 e. The highest BCUT2D eigenvalue weighted by Gasteiger charge is 2.15. The minimum absolute atomic E-state index is 0.0411. The average Bonchev–Trinajstić information content (AvgIpc) is 2.82. The molecule has 1 heterocycles. The Morgan fingerprint density at radius 3 is 2.61 bits per heavy atom. The number of pyridine rings is 1. The average molecular weight is 453 g/mol. The molecule has 3 aromatic rings. The van der Waals surface area contributed by atoms with Gasteiger partial charge < -0.3 is 16.2 Å². The molecule has 0 unspecified atom stereocenters. The molecule has 3 rings (SSSR count). The number of anilines is 2. The number of aromatic nitrogens is 1. The number of aliphatic hydroxyl groups excluding tert-OH is 1. The first-order valence-electron chi connectivity index (χ1n) is 10.3. The molecule has 0 saturated carbocycles. The summed E-state index contributed by atoms with van der Waals surface area (Å²) in [6.07, 6.45) is 1.59. The van der Waals surface area contributed by atoms with Crippen molar-refractivity contribution in [2.24, 2.45) is 10.3 Å². The van der Waals surface area contributed by atoms with Crippen LogP contribution in [0.4, 0.5) is 20.3 Å². The van der Waals surface area contributed by atoms with Gasteiger partial charge in [0.05, 0.1) is 17.9 Å². The Bertz CT molecular complexity index is 1140. The molecule has 5 N–H and O–H groups in total. The lowest BCUT2D eigenvalue weighted by molar-refractivity contribution is 0.197. The van der Waals surface area contributed by atoms with E-state index in [0.29, 0.717) is 18.7 Å². The molecule has 0 spiro atoms. The molecule has 1 aromatic heterocycles. The number of nitrogens with two attached hydrogens (primary N) is 1. The standard InChI is InChI=1S/C23H25F2N7O/c1-2-32(10-11-33)14-15-6-8-16(9-7-15)17-12-18(22(26)28-13-17)23(30-31-27)29-20-5-3-4-19(24)21(20)25/h3-9,12-13,33H,2,10-11,14H2,1H3,(H2,26,28)(H2,27,29,30). The summed E-state index contributed by atoms with van der Waals surface area (Å²) in [4.78, 5) is 6.33.